The minimum Gasteiger partial charge on any atom is -0.367 e. The lowest BCUT2D eigenvalue weighted by atomic mass is 10.1. The third kappa shape index (κ3) is 4.51. The Labute approximate surface area is 176 Å². The molecule has 4 aromatic rings. The molecule has 0 unspecified atom stereocenters. The number of aromatic nitrogens is 2. The molecule has 2 N–H and O–H groups in total. The minimum atomic E-state index is -0.146. The van der Waals surface area contributed by atoms with E-state index in [1.165, 1.54) is 16.5 Å². The van der Waals surface area contributed by atoms with Gasteiger partial charge in [-0.05, 0) is 42.7 Å². The molecule has 2 aromatic heterocycles. The Hall–Kier alpha value is -3.60. The van der Waals surface area contributed by atoms with Gasteiger partial charge in [0, 0.05) is 48.6 Å². The molecule has 4 rings (SSSR count). The maximum Gasteiger partial charge on any atom is 0.269 e. The molecule has 0 aliphatic heterocycles. The van der Waals surface area contributed by atoms with E-state index >= 15 is 0 Å². The standard InChI is InChI=1S/C25H26N4O/c1-2-29(18-19-8-4-3-5-9-19)21-13-15-26-24(16-21)25(30)27-14-12-20-17-28-23-11-7-6-10-22(20)23/h3-11,13,15-17,28H,2,12,14,18H2,1H3,(H,27,30). The number of carbonyl (C=O) groups excluding carboxylic acids is 1. The van der Waals surface area contributed by atoms with Crippen LogP contribution in [0.5, 0.6) is 0 Å². The number of nitrogens with zero attached hydrogens (tertiary/aromatic N) is 2. The summed E-state index contributed by atoms with van der Waals surface area (Å²) < 4.78 is 0. The number of aromatic amines is 1. The van der Waals surface area contributed by atoms with E-state index in [4.69, 9.17) is 0 Å². The molecule has 0 radical (unpaired) electrons. The van der Waals surface area contributed by atoms with Crippen LogP contribution in [0.4, 0.5) is 5.69 Å². The maximum atomic E-state index is 12.7. The maximum absolute atomic E-state index is 12.7. The molecule has 0 aliphatic carbocycles. The van der Waals surface area contributed by atoms with Crippen LogP contribution >= 0.6 is 0 Å². The normalized spacial score (nSPS) is 10.8. The summed E-state index contributed by atoms with van der Waals surface area (Å²) in [5.74, 6) is -0.146. The second-order valence-corrected chi connectivity index (χ2v) is 7.26. The smallest absolute Gasteiger partial charge is 0.269 e. The molecular formula is C25H26N4O. The molecule has 2 heterocycles. The summed E-state index contributed by atoms with van der Waals surface area (Å²) in [6.45, 7) is 4.32. The molecule has 0 saturated carbocycles. The zero-order chi connectivity index (χ0) is 20.8. The lowest BCUT2D eigenvalue weighted by Crippen LogP contribution is -2.27. The number of benzene rings is 2. The number of carbonyl (C=O) groups is 1. The van der Waals surface area contributed by atoms with Gasteiger partial charge in [0.05, 0.1) is 0 Å². The van der Waals surface area contributed by atoms with E-state index in [1.807, 2.05) is 48.7 Å². The van der Waals surface area contributed by atoms with Gasteiger partial charge in [-0.3, -0.25) is 9.78 Å². The van der Waals surface area contributed by atoms with Gasteiger partial charge in [-0.15, -0.1) is 0 Å². The Bertz CT molecular complexity index is 1120. The van der Waals surface area contributed by atoms with Crippen LogP contribution in [0.3, 0.4) is 0 Å². The summed E-state index contributed by atoms with van der Waals surface area (Å²) in [7, 11) is 0. The first kappa shape index (κ1) is 19.7. The van der Waals surface area contributed by atoms with E-state index in [9.17, 15) is 4.79 Å². The van der Waals surface area contributed by atoms with Crippen molar-refractivity contribution in [3.8, 4) is 0 Å². The average molecular weight is 399 g/mol. The zero-order valence-electron chi connectivity index (χ0n) is 17.1. The van der Waals surface area contributed by atoms with Gasteiger partial charge in [0.2, 0.25) is 0 Å². The Morgan fingerprint density at radius 2 is 1.87 bits per heavy atom. The van der Waals surface area contributed by atoms with Crippen molar-refractivity contribution >= 4 is 22.5 Å². The fourth-order valence-electron chi connectivity index (χ4n) is 3.67. The molecular weight excluding hydrogens is 372 g/mol. The van der Waals surface area contributed by atoms with E-state index in [-0.39, 0.29) is 5.91 Å². The lowest BCUT2D eigenvalue weighted by molar-refractivity contribution is 0.0949. The van der Waals surface area contributed by atoms with Crippen LogP contribution in [-0.2, 0) is 13.0 Å². The van der Waals surface area contributed by atoms with Gasteiger partial charge in [-0.25, -0.2) is 0 Å². The Balaban J connectivity index is 1.39. The number of H-pyrrole nitrogens is 1. The quantitative estimate of drug-likeness (QED) is 0.457. The Morgan fingerprint density at radius 1 is 1.07 bits per heavy atom. The molecule has 2 aromatic carbocycles. The number of hydrogen-bond donors (Lipinski definition) is 2. The van der Waals surface area contributed by atoms with Crippen molar-refractivity contribution < 1.29 is 4.79 Å². The predicted octanol–water partition coefficient (Wildman–Crippen LogP) is 4.56. The van der Waals surface area contributed by atoms with Crippen LogP contribution in [0.2, 0.25) is 0 Å². The third-order valence-electron chi connectivity index (χ3n) is 5.29. The van der Waals surface area contributed by atoms with Crippen molar-refractivity contribution in [3.05, 3.63) is 95.9 Å². The molecule has 152 valence electrons. The highest BCUT2D eigenvalue weighted by atomic mass is 16.1. The summed E-state index contributed by atoms with van der Waals surface area (Å²) in [6, 6.07) is 22.4. The predicted molar refractivity (Wildman–Crippen MR) is 122 cm³/mol. The second kappa shape index (κ2) is 9.27. The van der Waals surface area contributed by atoms with Crippen molar-refractivity contribution in [2.75, 3.05) is 18.0 Å². The van der Waals surface area contributed by atoms with Gasteiger partial charge in [0.15, 0.2) is 0 Å². The number of amides is 1. The van der Waals surface area contributed by atoms with Crippen molar-refractivity contribution in [2.24, 2.45) is 0 Å². The van der Waals surface area contributed by atoms with E-state index < -0.39 is 0 Å². The number of fused-ring (bicyclic) bond motifs is 1. The highest BCUT2D eigenvalue weighted by molar-refractivity contribution is 5.93. The fraction of sp³-hybridized carbons (Fsp3) is 0.200. The SMILES string of the molecule is CCN(Cc1ccccc1)c1ccnc(C(=O)NCCc2c[nH]c3ccccc23)c1. The van der Waals surface area contributed by atoms with E-state index in [0.717, 1.165) is 30.7 Å². The van der Waals surface area contributed by atoms with Gasteiger partial charge in [-0.1, -0.05) is 48.5 Å². The summed E-state index contributed by atoms with van der Waals surface area (Å²) in [5.41, 5.74) is 5.00. The number of rotatable bonds is 8. The highest BCUT2D eigenvalue weighted by Gasteiger charge is 2.12. The van der Waals surface area contributed by atoms with Crippen LogP contribution in [0.25, 0.3) is 10.9 Å². The number of hydrogen-bond acceptors (Lipinski definition) is 3. The Morgan fingerprint density at radius 3 is 2.70 bits per heavy atom. The van der Waals surface area contributed by atoms with Gasteiger partial charge in [-0.2, -0.15) is 0 Å². The van der Waals surface area contributed by atoms with Crippen LogP contribution in [-0.4, -0.2) is 29.0 Å². The molecule has 1 amide bonds. The van der Waals surface area contributed by atoms with E-state index in [2.05, 4.69) is 51.4 Å². The molecule has 5 nitrogen and oxygen atoms in total. The van der Waals surface area contributed by atoms with Crippen LogP contribution < -0.4 is 10.2 Å². The summed E-state index contributed by atoms with van der Waals surface area (Å²) >= 11 is 0. The van der Waals surface area contributed by atoms with Crippen molar-refractivity contribution in [1.29, 1.82) is 0 Å². The first-order chi connectivity index (χ1) is 14.7. The first-order valence-corrected chi connectivity index (χ1v) is 10.3. The number of pyridine rings is 1. The van der Waals surface area contributed by atoms with Crippen LogP contribution in [0.1, 0.15) is 28.5 Å². The summed E-state index contributed by atoms with van der Waals surface area (Å²) in [5, 5.41) is 4.20. The number of nitrogens with one attached hydrogen (secondary N) is 2. The number of anilines is 1. The van der Waals surface area contributed by atoms with E-state index in [1.54, 1.807) is 6.20 Å². The van der Waals surface area contributed by atoms with Crippen LogP contribution in [0, 0.1) is 0 Å². The molecule has 0 saturated heterocycles. The molecule has 0 fully saturated rings. The van der Waals surface area contributed by atoms with Gasteiger partial charge in [0.25, 0.3) is 5.91 Å². The zero-order valence-corrected chi connectivity index (χ0v) is 17.1. The highest BCUT2D eigenvalue weighted by Crippen LogP contribution is 2.19. The second-order valence-electron chi connectivity index (χ2n) is 7.26. The fourth-order valence-corrected chi connectivity index (χ4v) is 3.67. The molecule has 0 spiro atoms. The molecule has 30 heavy (non-hydrogen) atoms. The van der Waals surface area contributed by atoms with E-state index in [0.29, 0.717) is 12.2 Å². The largest absolute Gasteiger partial charge is 0.367 e. The van der Waals surface area contributed by atoms with Crippen molar-refractivity contribution in [1.82, 2.24) is 15.3 Å². The summed E-state index contributed by atoms with van der Waals surface area (Å²) in [6.07, 6.45) is 4.49. The first-order valence-electron chi connectivity index (χ1n) is 10.3. The van der Waals surface area contributed by atoms with Gasteiger partial charge >= 0.3 is 0 Å². The third-order valence-corrected chi connectivity index (χ3v) is 5.29. The van der Waals surface area contributed by atoms with Crippen LogP contribution in [0.15, 0.2) is 79.1 Å². The molecule has 5 heteroatoms. The minimum absolute atomic E-state index is 0.146. The molecule has 0 bridgehead atoms. The topological polar surface area (TPSA) is 61.0 Å². The van der Waals surface area contributed by atoms with Gasteiger partial charge < -0.3 is 15.2 Å². The molecule has 0 atom stereocenters. The Kier molecular flexibility index (Phi) is 6.09. The van der Waals surface area contributed by atoms with Gasteiger partial charge in [0.1, 0.15) is 5.69 Å². The average Bonchev–Trinajstić information content (AvgIpc) is 3.21. The molecule has 0 aliphatic rings. The summed E-state index contributed by atoms with van der Waals surface area (Å²) in [4.78, 5) is 22.5. The lowest BCUT2D eigenvalue weighted by Gasteiger charge is -2.23. The monoisotopic (exact) mass is 398 g/mol. The van der Waals surface area contributed by atoms with Crippen molar-refractivity contribution in [2.45, 2.75) is 19.9 Å². The van der Waals surface area contributed by atoms with Crippen molar-refractivity contribution in [3.63, 3.8) is 0 Å². The number of para-hydroxylation sites is 1.